The fourth-order valence-corrected chi connectivity index (χ4v) is 4.80. The van der Waals surface area contributed by atoms with Gasteiger partial charge in [0.05, 0.1) is 25.3 Å². The zero-order valence-electron chi connectivity index (χ0n) is 20.5. The number of amides is 1. The van der Waals surface area contributed by atoms with E-state index in [0.29, 0.717) is 13.2 Å². The zero-order valence-corrected chi connectivity index (χ0v) is 20.5. The maximum absolute atomic E-state index is 12.5. The van der Waals surface area contributed by atoms with Gasteiger partial charge in [-0.2, -0.15) is 0 Å². The summed E-state index contributed by atoms with van der Waals surface area (Å²) in [5, 5.41) is 6.34. The van der Waals surface area contributed by atoms with Crippen LogP contribution in [0, 0.1) is 0 Å². The molecule has 0 spiro atoms. The molecule has 1 amide bonds. The number of ether oxygens (including phenoxy) is 5. The van der Waals surface area contributed by atoms with Gasteiger partial charge in [-0.3, -0.25) is 9.78 Å². The monoisotopic (exact) mass is 483 g/mol. The van der Waals surface area contributed by atoms with Crippen molar-refractivity contribution in [3.63, 3.8) is 0 Å². The third kappa shape index (κ3) is 5.65. The van der Waals surface area contributed by atoms with Crippen LogP contribution in [-0.4, -0.2) is 59.7 Å². The number of benzene rings is 1. The summed E-state index contributed by atoms with van der Waals surface area (Å²) in [6.45, 7) is 8.42. The maximum Gasteiger partial charge on any atom is 0.224 e. The van der Waals surface area contributed by atoms with Gasteiger partial charge in [-0.05, 0) is 57.5 Å². The Balaban J connectivity index is 1.23. The standard InChI is InChI=1S/C26H33N3O6/c1-25(2)31-15-19(33-25)21-22-23(35-26(3,4)34-22)24(32-21)29-17-10-7-8-16(12-17)13-20(30)28-14-18-9-5-6-11-27-18/h5-12,19,21-24,29H,13-15H2,1-4H3,(H,28,30)/t19?,21?,22-,23-,24?/m0/s1. The van der Waals surface area contributed by atoms with E-state index >= 15 is 0 Å². The third-order valence-electron chi connectivity index (χ3n) is 6.28. The Morgan fingerprint density at radius 2 is 1.83 bits per heavy atom. The number of fused-ring (bicyclic) bond motifs is 1. The first-order chi connectivity index (χ1) is 16.7. The van der Waals surface area contributed by atoms with Gasteiger partial charge < -0.3 is 34.3 Å². The Kier molecular flexibility index (Phi) is 6.54. The molecule has 0 saturated carbocycles. The van der Waals surface area contributed by atoms with Gasteiger partial charge in [-0.25, -0.2) is 0 Å². The molecule has 3 aliphatic rings. The van der Waals surface area contributed by atoms with Gasteiger partial charge in [0.15, 0.2) is 17.8 Å². The van der Waals surface area contributed by atoms with Gasteiger partial charge in [0.2, 0.25) is 5.91 Å². The molecule has 0 radical (unpaired) electrons. The van der Waals surface area contributed by atoms with Crippen molar-refractivity contribution in [3.8, 4) is 0 Å². The quantitative estimate of drug-likeness (QED) is 0.620. The van der Waals surface area contributed by atoms with Crippen molar-refractivity contribution in [2.24, 2.45) is 0 Å². The lowest BCUT2D eigenvalue weighted by Crippen LogP contribution is -2.40. The lowest BCUT2D eigenvalue weighted by molar-refractivity contribution is -0.203. The number of hydrogen-bond donors (Lipinski definition) is 2. The summed E-state index contributed by atoms with van der Waals surface area (Å²) in [6, 6.07) is 13.4. The van der Waals surface area contributed by atoms with E-state index in [0.717, 1.165) is 16.9 Å². The predicted octanol–water partition coefficient (Wildman–Crippen LogP) is 2.75. The lowest BCUT2D eigenvalue weighted by atomic mass is 10.1. The average molecular weight is 484 g/mol. The van der Waals surface area contributed by atoms with Crippen molar-refractivity contribution in [1.29, 1.82) is 0 Å². The Morgan fingerprint density at radius 1 is 1.00 bits per heavy atom. The molecule has 9 nitrogen and oxygen atoms in total. The zero-order chi connectivity index (χ0) is 24.6. The number of rotatable bonds is 7. The van der Waals surface area contributed by atoms with Gasteiger partial charge in [0, 0.05) is 11.9 Å². The molecule has 2 N–H and O–H groups in total. The largest absolute Gasteiger partial charge is 0.358 e. The van der Waals surface area contributed by atoms with Crippen molar-refractivity contribution in [2.75, 3.05) is 11.9 Å². The molecule has 3 saturated heterocycles. The lowest BCUT2D eigenvalue weighted by Gasteiger charge is -2.27. The first-order valence-electron chi connectivity index (χ1n) is 12.0. The first kappa shape index (κ1) is 24.1. The van der Waals surface area contributed by atoms with Crippen LogP contribution in [0.1, 0.15) is 39.0 Å². The number of nitrogens with one attached hydrogen (secondary N) is 2. The van der Waals surface area contributed by atoms with Gasteiger partial charge in [0.1, 0.15) is 24.4 Å². The fraction of sp³-hybridized carbons (Fsp3) is 0.538. The van der Waals surface area contributed by atoms with Crippen molar-refractivity contribution in [3.05, 3.63) is 59.9 Å². The molecular formula is C26H33N3O6. The van der Waals surface area contributed by atoms with Crippen molar-refractivity contribution in [1.82, 2.24) is 10.3 Å². The van der Waals surface area contributed by atoms with Crippen LogP contribution in [0.2, 0.25) is 0 Å². The second-order valence-corrected chi connectivity index (χ2v) is 10.1. The van der Waals surface area contributed by atoms with Crippen molar-refractivity contribution >= 4 is 11.6 Å². The highest BCUT2D eigenvalue weighted by atomic mass is 16.8. The van der Waals surface area contributed by atoms with Gasteiger partial charge >= 0.3 is 0 Å². The highest BCUT2D eigenvalue weighted by Gasteiger charge is 2.59. The second-order valence-electron chi connectivity index (χ2n) is 10.1. The van der Waals surface area contributed by atoms with Crippen LogP contribution in [0.15, 0.2) is 48.7 Å². The topological polar surface area (TPSA) is 100 Å². The highest BCUT2D eigenvalue weighted by molar-refractivity contribution is 5.78. The number of hydrogen-bond acceptors (Lipinski definition) is 8. The fourth-order valence-electron chi connectivity index (χ4n) is 4.80. The average Bonchev–Trinajstić information content (AvgIpc) is 3.43. The Labute approximate surface area is 205 Å². The molecule has 1 aromatic carbocycles. The molecule has 35 heavy (non-hydrogen) atoms. The summed E-state index contributed by atoms with van der Waals surface area (Å²) in [4.78, 5) is 16.7. The van der Waals surface area contributed by atoms with Crippen LogP contribution in [0.5, 0.6) is 0 Å². The number of carbonyl (C=O) groups excluding carboxylic acids is 1. The Hall–Kier alpha value is -2.56. The van der Waals surface area contributed by atoms with E-state index in [1.165, 1.54) is 0 Å². The molecule has 3 fully saturated rings. The molecule has 188 valence electrons. The summed E-state index contributed by atoms with van der Waals surface area (Å²) in [7, 11) is 0. The molecule has 5 rings (SSSR count). The van der Waals surface area contributed by atoms with E-state index in [1.807, 2.05) is 70.2 Å². The smallest absolute Gasteiger partial charge is 0.224 e. The Bertz CT molecular complexity index is 1050. The molecule has 5 atom stereocenters. The first-order valence-corrected chi connectivity index (χ1v) is 12.0. The normalized spacial score (nSPS) is 30.7. The molecule has 9 heteroatoms. The summed E-state index contributed by atoms with van der Waals surface area (Å²) < 4.78 is 30.6. The maximum atomic E-state index is 12.5. The molecular weight excluding hydrogens is 450 g/mol. The van der Waals surface area contributed by atoms with Crippen LogP contribution in [-0.2, 0) is 41.4 Å². The highest BCUT2D eigenvalue weighted by Crippen LogP contribution is 2.42. The number of pyridine rings is 1. The number of anilines is 1. The van der Waals surface area contributed by atoms with E-state index in [-0.39, 0.29) is 36.7 Å². The molecule has 3 aliphatic heterocycles. The van der Waals surface area contributed by atoms with Crippen molar-refractivity contribution < 1.29 is 28.5 Å². The van der Waals surface area contributed by atoms with Crippen LogP contribution in [0.3, 0.4) is 0 Å². The van der Waals surface area contributed by atoms with Gasteiger partial charge in [-0.1, -0.05) is 18.2 Å². The molecule has 3 unspecified atom stereocenters. The molecule has 0 bridgehead atoms. The number of aromatic nitrogens is 1. The summed E-state index contributed by atoms with van der Waals surface area (Å²) >= 11 is 0. The SMILES string of the molecule is CC1(C)OCC(C2OC(Nc3cccc(CC(=O)NCc4ccccn4)c3)[C@H]3OC(C)(C)O[C@@H]23)O1. The minimum absolute atomic E-state index is 0.0691. The van der Waals surface area contributed by atoms with Gasteiger partial charge in [-0.15, -0.1) is 0 Å². The van der Waals surface area contributed by atoms with E-state index in [9.17, 15) is 4.79 Å². The second kappa shape index (κ2) is 9.48. The van der Waals surface area contributed by atoms with E-state index in [4.69, 9.17) is 23.7 Å². The van der Waals surface area contributed by atoms with E-state index in [1.54, 1.807) is 6.20 Å². The van der Waals surface area contributed by atoms with Crippen molar-refractivity contribution in [2.45, 2.75) is 82.9 Å². The summed E-state index contributed by atoms with van der Waals surface area (Å²) in [6.07, 6.45) is 0.351. The van der Waals surface area contributed by atoms with Crippen LogP contribution < -0.4 is 10.6 Å². The molecule has 2 aromatic rings. The Morgan fingerprint density at radius 3 is 2.57 bits per heavy atom. The van der Waals surface area contributed by atoms with Crippen LogP contribution in [0.4, 0.5) is 5.69 Å². The number of carbonyl (C=O) groups is 1. The van der Waals surface area contributed by atoms with E-state index < -0.39 is 17.8 Å². The van der Waals surface area contributed by atoms with E-state index in [2.05, 4.69) is 15.6 Å². The summed E-state index contributed by atoms with van der Waals surface area (Å²) in [5.74, 6) is -1.45. The molecule has 1 aromatic heterocycles. The van der Waals surface area contributed by atoms with Crippen LogP contribution in [0.25, 0.3) is 0 Å². The minimum Gasteiger partial charge on any atom is -0.358 e. The molecule has 0 aliphatic carbocycles. The summed E-state index contributed by atoms with van der Waals surface area (Å²) in [5.41, 5.74) is 2.54. The van der Waals surface area contributed by atoms with Crippen LogP contribution >= 0.6 is 0 Å². The predicted molar refractivity (Wildman–Crippen MR) is 127 cm³/mol. The third-order valence-corrected chi connectivity index (χ3v) is 6.28. The van der Waals surface area contributed by atoms with Gasteiger partial charge in [0.25, 0.3) is 0 Å². The molecule has 4 heterocycles. The minimum atomic E-state index is -0.722. The number of nitrogens with zero attached hydrogens (tertiary/aromatic N) is 1.